The molecule has 2 aromatic rings. The summed E-state index contributed by atoms with van der Waals surface area (Å²) in [6.45, 7) is 1.16. The molecule has 1 saturated heterocycles. The zero-order valence-corrected chi connectivity index (χ0v) is 12.0. The predicted molar refractivity (Wildman–Crippen MR) is 83.5 cm³/mol. The molecule has 0 N–H and O–H groups in total. The second kappa shape index (κ2) is 5.81. The first-order chi connectivity index (χ1) is 9.36. The van der Waals surface area contributed by atoms with Crippen LogP contribution in [0.25, 0.3) is 0 Å². The quantitative estimate of drug-likeness (QED) is 0.806. The van der Waals surface area contributed by atoms with Gasteiger partial charge in [0.15, 0.2) is 0 Å². The van der Waals surface area contributed by atoms with Crippen LogP contribution in [-0.4, -0.2) is 24.2 Å². The van der Waals surface area contributed by atoms with Crippen molar-refractivity contribution in [3.8, 4) is 0 Å². The highest BCUT2D eigenvalue weighted by Gasteiger charge is 2.31. The molecule has 98 valence electrons. The summed E-state index contributed by atoms with van der Waals surface area (Å²) in [6, 6.07) is 22.3. The van der Waals surface area contributed by atoms with E-state index in [1.165, 1.54) is 16.9 Å². The topological polar surface area (TPSA) is 3.24 Å². The zero-order valence-electron chi connectivity index (χ0n) is 11.2. The molecular weight excluding hydrogens is 250 g/mol. The molecule has 1 heterocycles. The first-order valence-corrected chi connectivity index (χ1v) is 7.83. The van der Waals surface area contributed by atoms with E-state index in [1.807, 2.05) is 0 Å². The second-order valence-electron chi connectivity index (χ2n) is 5.04. The molecule has 1 aliphatic rings. The predicted octanol–water partition coefficient (Wildman–Crippen LogP) is 4.15. The minimum atomic E-state index is 0.474. The van der Waals surface area contributed by atoms with Gasteiger partial charge in [-0.1, -0.05) is 60.7 Å². The Balaban J connectivity index is 1.97. The molecule has 2 atom stereocenters. The molecule has 0 spiro atoms. The van der Waals surface area contributed by atoms with E-state index in [0.29, 0.717) is 11.3 Å². The minimum Gasteiger partial charge on any atom is -0.297 e. The molecule has 3 rings (SSSR count). The van der Waals surface area contributed by atoms with Gasteiger partial charge in [0.1, 0.15) is 0 Å². The number of thioether (sulfide) groups is 1. The lowest BCUT2D eigenvalue weighted by atomic mass is 9.97. The third-order valence-electron chi connectivity index (χ3n) is 3.77. The van der Waals surface area contributed by atoms with E-state index in [0.717, 1.165) is 6.54 Å². The maximum absolute atomic E-state index is 2.49. The maximum Gasteiger partial charge on any atom is 0.0504 e. The van der Waals surface area contributed by atoms with Crippen molar-refractivity contribution >= 4 is 11.8 Å². The lowest BCUT2D eigenvalue weighted by Crippen LogP contribution is -2.34. The Morgan fingerprint density at radius 3 is 2.11 bits per heavy atom. The lowest BCUT2D eigenvalue weighted by molar-refractivity contribution is 0.245. The third kappa shape index (κ3) is 2.70. The van der Waals surface area contributed by atoms with Gasteiger partial charge in [0.2, 0.25) is 0 Å². The van der Waals surface area contributed by atoms with E-state index < -0.39 is 0 Å². The van der Waals surface area contributed by atoms with Gasteiger partial charge in [0.05, 0.1) is 6.04 Å². The summed E-state index contributed by atoms with van der Waals surface area (Å²) < 4.78 is 0. The van der Waals surface area contributed by atoms with Crippen molar-refractivity contribution in [3.63, 3.8) is 0 Å². The Bertz CT molecular complexity index is 511. The average molecular weight is 269 g/mol. The van der Waals surface area contributed by atoms with Gasteiger partial charge in [-0.05, 0) is 18.2 Å². The normalized spacial score (nSPS) is 24.3. The van der Waals surface area contributed by atoms with Gasteiger partial charge in [0.25, 0.3) is 0 Å². The molecule has 0 aromatic heterocycles. The highest BCUT2D eigenvalue weighted by molar-refractivity contribution is 7.99. The van der Waals surface area contributed by atoms with Crippen molar-refractivity contribution in [3.05, 3.63) is 71.8 Å². The number of benzene rings is 2. The molecule has 0 unspecified atom stereocenters. The summed E-state index contributed by atoms with van der Waals surface area (Å²) in [7, 11) is 2.24. The largest absolute Gasteiger partial charge is 0.297 e. The van der Waals surface area contributed by atoms with Crippen molar-refractivity contribution in [2.24, 2.45) is 0 Å². The molecule has 1 nitrogen and oxygen atoms in total. The van der Waals surface area contributed by atoms with Crippen LogP contribution in [0.2, 0.25) is 0 Å². The smallest absolute Gasteiger partial charge is 0.0504 e. The fourth-order valence-electron chi connectivity index (χ4n) is 2.79. The molecule has 0 aliphatic carbocycles. The molecule has 2 heteroatoms. The maximum atomic E-state index is 2.49. The number of hydrogen-bond donors (Lipinski definition) is 0. The van der Waals surface area contributed by atoms with Crippen LogP contribution in [0.5, 0.6) is 0 Å². The lowest BCUT2D eigenvalue weighted by Gasteiger charge is -2.39. The third-order valence-corrected chi connectivity index (χ3v) is 5.08. The molecule has 1 fully saturated rings. The van der Waals surface area contributed by atoms with Crippen molar-refractivity contribution in [1.82, 2.24) is 4.90 Å². The van der Waals surface area contributed by atoms with Crippen LogP contribution in [0, 0.1) is 0 Å². The van der Waals surface area contributed by atoms with Gasteiger partial charge >= 0.3 is 0 Å². The molecule has 2 aromatic carbocycles. The van der Waals surface area contributed by atoms with Crippen LogP contribution in [0.1, 0.15) is 22.4 Å². The summed E-state index contributed by atoms with van der Waals surface area (Å²) >= 11 is 2.08. The Kier molecular flexibility index (Phi) is 3.90. The fraction of sp³-hybridized carbons (Fsp3) is 0.294. The summed E-state index contributed by atoms with van der Waals surface area (Å²) in [4.78, 5) is 2.49. The highest BCUT2D eigenvalue weighted by Crippen LogP contribution is 2.45. The molecule has 0 amide bonds. The van der Waals surface area contributed by atoms with Crippen LogP contribution >= 0.6 is 11.8 Å². The molecule has 0 saturated carbocycles. The zero-order chi connectivity index (χ0) is 13.1. The van der Waals surface area contributed by atoms with Crippen molar-refractivity contribution in [2.75, 3.05) is 19.3 Å². The van der Waals surface area contributed by atoms with Crippen LogP contribution in [-0.2, 0) is 0 Å². The van der Waals surface area contributed by atoms with Crippen LogP contribution < -0.4 is 0 Å². The van der Waals surface area contributed by atoms with Crippen molar-refractivity contribution in [2.45, 2.75) is 11.3 Å². The number of hydrogen-bond acceptors (Lipinski definition) is 2. The Morgan fingerprint density at radius 1 is 0.895 bits per heavy atom. The van der Waals surface area contributed by atoms with Gasteiger partial charge in [-0.15, -0.1) is 0 Å². The van der Waals surface area contributed by atoms with Crippen LogP contribution in [0.4, 0.5) is 0 Å². The molecular formula is C17H19NS. The van der Waals surface area contributed by atoms with Crippen LogP contribution in [0.3, 0.4) is 0 Å². The first kappa shape index (κ1) is 12.8. The Morgan fingerprint density at radius 2 is 1.47 bits per heavy atom. The minimum absolute atomic E-state index is 0.474. The molecule has 19 heavy (non-hydrogen) atoms. The molecule has 1 aliphatic heterocycles. The Hall–Kier alpha value is -1.25. The van der Waals surface area contributed by atoms with E-state index >= 15 is 0 Å². The second-order valence-corrected chi connectivity index (χ2v) is 6.29. The monoisotopic (exact) mass is 269 g/mol. The van der Waals surface area contributed by atoms with E-state index in [1.54, 1.807) is 0 Å². The van der Waals surface area contributed by atoms with Gasteiger partial charge in [-0.25, -0.2) is 0 Å². The number of rotatable bonds is 2. The summed E-state index contributed by atoms with van der Waals surface area (Å²) in [5.41, 5.74) is 2.86. The first-order valence-electron chi connectivity index (χ1n) is 6.78. The van der Waals surface area contributed by atoms with Gasteiger partial charge < -0.3 is 0 Å². The number of likely N-dealkylation sites (N-methyl/N-ethyl adjacent to an activating group) is 1. The summed E-state index contributed by atoms with van der Waals surface area (Å²) in [6.07, 6.45) is 0. The average Bonchev–Trinajstić information content (AvgIpc) is 2.49. The van der Waals surface area contributed by atoms with E-state index in [-0.39, 0.29) is 0 Å². The van der Waals surface area contributed by atoms with E-state index in [2.05, 4.69) is 84.4 Å². The van der Waals surface area contributed by atoms with Gasteiger partial charge in [0, 0.05) is 17.5 Å². The number of nitrogens with zero attached hydrogens (tertiary/aromatic N) is 1. The van der Waals surface area contributed by atoms with E-state index in [4.69, 9.17) is 0 Å². The van der Waals surface area contributed by atoms with Crippen LogP contribution in [0.15, 0.2) is 60.7 Å². The standard InChI is InChI=1S/C17H19NS/c1-18-12-13-19-17(15-10-6-3-7-11-15)16(18)14-8-4-2-5-9-14/h2-11,16-17H,12-13H2,1H3/t16-,17-/m1/s1. The Labute approximate surface area is 119 Å². The van der Waals surface area contributed by atoms with Crippen molar-refractivity contribution < 1.29 is 0 Å². The summed E-state index contributed by atoms with van der Waals surface area (Å²) in [5.74, 6) is 1.21. The molecule has 0 bridgehead atoms. The summed E-state index contributed by atoms with van der Waals surface area (Å²) in [5, 5.41) is 0.530. The van der Waals surface area contributed by atoms with E-state index in [9.17, 15) is 0 Å². The molecule has 0 radical (unpaired) electrons. The SMILES string of the molecule is CN1CCS[C@H](c2ccccc2)[C@H]1c1ccccc1. The fourth-order valence-corrected chi connectivity index (χ4v) is 4.33. The van der Waals surface area contributed by atoms with Gasteiger partial charge in [-0.3, -0.25) is 4.90 Å². The van der Waals surface area contributed by atoms with Crippen molar-refractivity contribution in [1.29, 1.82) is 0 Å². The van der Waals surface area contributed by atoms with Gasteiger partial charge in [-0.2, -0.15) is 11.8 Å². The highest BCUT2D eigenvalue weighted by atomic mass is 32.2.